The average molecular weight is 212 g/mol. The normalized spacial score (nSPS) is 19.9. The lowest BCUT2D eigenvalue weighted by atomic mass is 9.94. The highest BCUT2D eigenvalue weighted by Gasteiger charge is 2.21. The Hall–Kier alpha value is -0.670. The van der Waals surface area contributed by atoms with Gasteiger partial charge in [-0.1, -0.05) is 11.6 Å². The summed E-state index contributed by atoms with van der Waals surface area (Å²) < 4.78 is 0. The minimum Gasteiger partial charge on any atom is -0.306 e. The molecule has 0 amide bonds. The topological polar surface area (TPSA) is 29.0 Å². The summed E-state index contributed by atoms with van der Waals surface area (Å²) in [7, 11) is 2.15. The molecule has 1 aromatic heterocycles. The van der Waals surface area contributed by atoms with Crippen LogP contribution in [0.5, 0.6) is 0 Å². The van der Waals surface area contributed by atoms with Gasteiger partial charge in [0.25, 0.3) is 0 Å². The fraction of sp³-hybridized carbons (Fsp3) is 0.600. The molecular formula is C10H14ClN3. The molecule has 0 bridgehead atoms. The molecule has 1 aliphatic heterocycles. The van der Waals surface area contributed by atoms with E-state index >= 15 is 0 Å². The smallest absolute Gasteiger partial charge is 0.150 e. The fourth-order valence-electron chi connectivity index (χ4n) is 1.89. The van der Waals surface area contributed by atoms with E-state index in [1.165, 1.54) is 0 Å². The summed E-state index contributed by atoms with van der Waals surface area (Å²) in [4.78, 5) is 10.7. The third-order valence-electron chi connectivity index (χ3n) is 2.78. The van der Waals surface area contributed by atoms with Crippen LogP contribution in [-0.4, -0.2) is 35.0 Å². The van der Waals surface area contributed by atoms with Gasteiger partial charge in [0.05, 0.1) is 5.69 Å². The molecule has 0 N–H and O–H groups in total. The van der Waals surface area contributed by atoms with Crippen LogP contribution < -0.4 is 0 Å². The highest BCUT2D eigenvalue weighted by molar-refractivity contribution is 6.30. The summed E-state index contributed by atoms with van der Waals surface area (Å²) in [5.41, 5.74) is 0.974. The first-order valence-electron chi connectivity index (χ1n) is 4.92. The molecule has 1 aliphatic rings. The van der Waals surface area contributed by atoms with Gasteiger partial charge in [0.1, 0.15) is 0 Å². The molecule has 0 unspecified atom stereocenters. The molecule has 1 aromatic rings. The summed E-state index contributed by atoms with van der Waals surface area (Å²) in [5.74, 6) is 0.493. The van der Waals surface area contributed by atoms with Crippen LogP contribution in [-0.2, 0) is 0 Å². The molecule has 0 spiro atoms. The summed E-state index contributed by atoms with van der Waals surface area (Å²) in [6, 6.07) is 0. The van der Waals surface area contributed by atoms with E-state index in [1.807, 2.05) is 0 Å². The predicted molar refractivity (Wildman–Crippen MR) is 56.5 cm³/mol. The van der Waals surface area contributed by atoms with Crippen LogP contribution in [0.4, 0.5) is 0 Å². The van der Waals surface area contributed by atoms with E-state index < -0.39 is 0 Å². The van der Waals surface area contributed by atoms with Crippen LogP contribution in [0.3, 0.4) is 0 Å². The Morgan fingerprint density at radius 1 is 1.29 bits per heavy atom. The molecule has 0 aliphatic carbocycles. The van der Waals surface area contributed by atoms with Gasteiger partial charge in [0, 0.05) is 18.3 Å². The van der Waals surface area contributed by atoms with Crippen molar-refractivity contribution < 1.29 is 0 Å². The SMILES string of the molecule is CN1CCC(c2nccnc2Cl)CC1. The Balaban J connectivity index is 2.12. The molecule has 2 heterocycles. The van der Waals surface area contributed by atoms with Crippen molar-refractivity contribution >= 4 is 11.6 Å². The number of hydrogen-bond acceptors (Lipinski definition) is 3. The van der Waals surface area contributed by atoms with Gasteiger partial charge in [-0.05, 0) is 33.0 Å². The zero-order valence-electron chi connectivity index (χ0n) is 8.28. The minimum atomic E-state index is 0.493. The van der Waals surface area contributed by atoms with Gasteiger partial charge in [-0.3, -0.25) is 4.98 Å². The fourth-order valence-corrected chi connectivity index (χ4v) is 2.15. The number of aromatic nitrogens is 2. The van der Waals surface area contributed by atoms with Crippen molar-refractivity contribution in [1.29, 1.82) is 0 Å². The predicted octanol–water partition coefficient (Wildman–Crippen LogP) is 1.94. The molecule has 1 fully saturated rings. The molecular weight excluding hydrogens is 198 g/mol. The molecule has 2 rings (SSSR count). The van der Waals surface area contributed by atoms with Gasteiger partial charge in [-0.25, -0.2) is 4.98 Å². The van der Waals surface area contributed by atoms with Crippen molar-refractivity contribution in [2.75, 3.05) is 20.1 Å². The number of halogens is 1. The number of piperidine rings is 1. The highest BCUT2D eigenvalue weighted by atomic mass is 35.5. The number of rotatable bonds is 1. The lowest BCUT2D eigenvalue weighted by molar-refractivity contribution is 0.253. The summed E-state index contributed by atoms with van der Waals surface area (Å²) in [6.07, 6.45) is 5.63. The van der Waals surface area contributed by atoms with Crippen LogP contribution in [0.2, 0.25) is 5.15 Å². The number of hydrogen-bond donors (Lipinski definition) is 0. The molecule has 1 saturated heterocycles. The van der Waals surface area contributed by atoms with E-state index in [9.17, 15) is 0 Å². The summed E-state index contributed by atoms with van der Waals surface area (Å²) >= 11 is 6.01. The van der Waals surface area contributed by atoms with Crippen molar-refractivity contribution in [3.05, 3.63) is 23.2 Å². The lowest BCUT2D eigenvalue weighted by Crippen LogP contribution is -2.29. The Bertz CT molecular complexity index is 308. The van der Waals surface area contributed by atoms with E-state index in [2.05, 4.69) is 21.9 Å². The zero-order valence-corrected chi connectivity index (χ0v) is 9.04. The van der Waals surface area contributed by atoms with E-state index in [-0.39, 0.29) is 0 Å². The van der Waals surface area contributed by atoms with Crippen LogP contribution >= 0.6 is 11.6 Å². The van der Waals surface area contributed by atoms with Gasteiger partial charge < -0.3 is 4.90 Å². The van der Waals surface area contributed by atoms with Crippen molar-refractivity contribution in [2.45, 2.75) is 18.8 Å². The largest absolute Gasteiger partial charge is 0.306 e. The lowest BCUT2D eigenvalue weighted by Gasteiger charge is -2.28. The van der Waals surface area contributed by atoms with Crippen molar-refractivity contribution in [1.82, 2.24) is 14.9 Å². The van der Waals surface area contributed by atoms with Crippen LogP contribution in [0, 0.1) is 0 Å². The molecule has 0 saturated carbocycles. The van der Waals surface area contributed by atoms with E-state index in [4.69, 9.17) is 11.6 Å². The minimum absolute atomic E-state index is 0.493. The quantitative estimate of drug-likeness (QED) is 0.711. The first kappa shape index (κ1) is 9.87. The first-order chi connectivity index (χ1) is 6.77. The van der Waals surface area contributed by atoms with Crippen molar-refractivity contribution in [3.8, 4) is 0 Å². The van der Waals surface area contributed by atoms with Crippen LogP contribution in [0.1, 0.15) is 24.5 Å². The Kier molecular flexibility index (Phi) is 2.99. The van der Waals surface area contributed by atoms with E-state index in [1.54, 1.807) is 12.4 Å². The first-order valence-corrected chi connectivity index (χ1v) is 5.30. The highest BCUT2D eigenvalue weighted by Crippen LogP contribution is 2.29. The van der Waals surface area contributed by atoms with Gasteiger partial charge in [-0.2, -0.15) is 0 Å². The van der Waals surface area contributed by atoms with Gasteiger partial charge >= 0.3 is 0 Å². The summed E-state index contributed by atoms with van der Waals surface area (Å²) in [6.45, 7) is 2.25. The zero-order chi connectivity index (χ0) is 9.97. The maximum atomic E-state index is 6.01. The van der Waals surface area contributed by atoms with Crippen LogP contribution in [0.15, 0.2) is 12.4 Å². The molecule has 76 valence electrons. The maximum Gasteiger partial charge on any atom is 0.150 e. The number of nitrogens with zero attached hydrogens (tertiary/aromatic N) is 3. The second-order valence-corrected chi connectivity index (χ2v) is 4.17. The Labute approximate surface area is 89.1 Å². The van der Waals surface area contributed by atoms with Gasteiger partial charge in [-0.15, -0.1) is 0 Å². The average Bonchev–Trinajstić information content (AvgIpc) is 2.20. The van der Waals surface area contributed by atoms with Crippen molar-refractivity contribution in [3.63, 3.8) is 0 Å². The van der Waals surface area contributed by atoms with Gasteiger partial charge in [0.15, 0.2) is 5.15 Å². The third-order valence-corrected chi connectivity index (χ3v) is 3.08. The molecule has 0 atom stereocenters. The monoisotopic (exact) mass is 211 g/mol. The standard InChI is InChI=1S/C10H14ClN3/c1-14-6-2-8(3-7-14)9-10(11)13-5-4-12-9/h4-5,8H,2-3,6-7H2,1H3. The van der Waals surface area contributed by atoms with E-state index in [0.717, 1.165) is 31.6 Å². The molecule has 14 heavy (non-hydrogen) atoms. The maximum absolute atomic E-state index is 6.01. The molecule has 0 radical (unpaired) electrons. The second kappa shape index (κ2) is 4.24. The van der Waals surface area contributed by atoms with E-state index in [0.29, 0.717) is 11.1 Å². The molecule has 4 heteroatoms. The molecule has 0 aromatic carbocycles. The Morgan fingerprint density at radius 2 is 1.93 bits per heavy atom. The van der Waals surface area contributed by atoms with Crippen LogP contribution in [0.25, 0.3) is 0 Å². The second-order valence-electron chi connectivity index (χ2n) is 3.81. The van der Waals surface area contributed by atoms with Crippen molar-refractivity contribution in [2.24, 2.45) is 0 Å². The summed E-state index contributed by atoms with van der Waals surface area (Å²) in [5, 5.41) is 0.571. The molecule has 3 nitrogen and oxygen atoms in total. The Morgan fingerprint density at radius 3 is 2.57 bits per heavy atom. The van der Waals surface area contributed by atoms with Gasteiger partial charge in [0.2, 0.25) is 0 Å². The number of likely N-dealkylation sites (tertiary alicyclic amines) is 1. The third kappa shape index (κ3) is 2.04.